The van der Waals surface area contributed by atoms with Gasteiger partial charge in [-0.1, -0.05) is 56.1 Å². The van der Waals surface area contributed by atoms with Crippen molar-refractivity contribution in [3.05, 3.63) is 68.6 Å². The van der Waals surface area contributed by atoms with Crippen LogP contribution >= 0.6 is 31.9 Å². The van der Waals surface area contributed by atoms with Gasteiger partial charge in [-0.15, -0.1) is 0 Å². The van der Waals surface area contributed by atoms with Gasteiger partial charge >= 0.3 is 0 Å². The van der Waals surface area contributed by atoms with Crippen molar-refractivity contribution < 1.29 is 4.79 Å². The quantitative estimate of drug-likeness (QED) is 0.681. The second-order valence-corrected chi connectivity index (χ2v) is 7.21. The molecule has 2 aromatic carbocycles. The fourth-order valence-electron chi connectivity index (χ4n) is 2.53. The second-order valence-electron chi connectivity index (χ2n) is 5.37. The van der Waals surface area contributed by atoms with Crippen molar-refractivity contribution in [1.29, 1.82) is 0 Å². The van der Waals surface area contributed by atoms with Gasteiger partial charge in [0, 0.05) is 8.95 Å². The minimum absolute atomic E-state index is 0.00576. The Morgan fingerprint density at radius 1 is 1.04 bits per heavy atom. The third-order valence-electron chi connectivity index (χ3n) is 3.66. The van der Waals surface area contributed by atoms with Crippen LogP contribution in [0.3, 0.4) is 0 Å². The Morgan fingerprint density at radius 2 is 1.61 bits per heavy atom. The molecule has 0 unspecified atom stereocenters. The van der Waals surface area contributed by atoms with E-state index in [1.165, 1.54) is 0 Å². The molecule has 118 valence electrons. The molecule has 1 fully saturated rings. The Balaban J connectivity index is 1.87. The third-order valence-corrected chi connectivity index (χ3v) is 4.72. The lowest BCUT2D eigenvalue weighted by Gasteiger charge is -2.24. The maximum Gasteiger partial charge on any atom is 0.258 e. The molecule has 1 aliphatic rings. The van der Waals surface area contributed by atoms with Crippen molar-refractivity contribution in [1.82, 2.24) is 9.91 Å². The molecule has 1 saturated heterocycles. The number of hydrogen-bond acceptors (Lipinski definition) is 3. The number of hydrogen-bond donors (Lipinski definition) is 0. The number of amides is 1. The number of carbonyl (C=O) groups excluding carboxylic acids is 1. The molecule has 0 radical (unpaired) electrons. The smallest absolute Gasteiger partial charge is 0.258 e. The second kappa shape index (κ2) is 6.95. The molecule has 4 nitrogen and oxygen atoms in total. The molecule has 6 heteroatoms. The standard InChI is InChI=1S/C17H15Br2N3O/c1-21-11-16(23)22(17(21)13-4-8-15(19)9-5-13)20-10-12-2-6-14(18)7-3-12/h2-10,17H,11H2,1H3/b20-10-/t17-/m0/s1. The SMILES string of the molecule is CN1CC(=O)N(/N=C\c2ccc(Br)cc2)[C@H]1c1ccc(Br)cc1. The van der Waals surface area contributed by atoms with Gasteiger partial charge in [-0.3, -0.25) is 9.69 Å². The van der Waals surface area contributed by atoms with Crippen LogP contribution in [0.4, 0.5) is 0 Å². The number of halogens is 2. The lowest BCUT2D eigenvalue weighted by atomic mass is 10.1. The zero-order chi connectivity index (χ0) is 16.4. The number of nitrogens with zero attached hydrogens (tertiary/aromatic N) is 3. The fourth-order valence-corrected chi connectivity index (χ4v) is 3.06. The Bertz CT molecular complexity index is 729. The average molecular weight is 437 g/mol. The first-order valence-corrected chi connectivity index (χ1v) is 8.70. The maximum absolute atomic E-state index is 12.3. The third kappa shape index (κ3) is 3.71. The van der Waals surface area contributed by atoms with Crippen molar-refractivity contribution in [2.75, 3.05) is 13.6 Å². The van der Waals surface area contributed by atoms with Crippen LogP contribution in [0.5, 0.6) is 0 Å². The molecular formula is C17H15Br2N3O. The molecule has 1 atom stereocenters. The van der Waals surface area contributed by atoms with Crippen molar-refractivity contribution in [2.24, 2.45) is 5.10 Å². The summed E-state index contributed by atoms with van der Waals surface area (Å²) < 4.78 is 2.03. The van der Waals surface area contributed by atoms with Crippen LogP contribution in [-0.4, -0.2) is 35.6 Å². The molecular weight excluding hydrogens is 422 g/mol. The van der Waals surface area contributed by atoms with Crippen LogP contribution in [0, 0.1) is 0 Å². The Morgan fingerprint density at radius 3 is 2.22 bits per heavy atom. The first-order valence-electron chi connectivity index (χ1n) is 7.12. The summed E-state index contributed by atoms with van der Waals surface area (Å²) in [5.41, 5.74) is 1.99. The molecule has 23 heavy (non-hydrogen) atoms. The highest BCUT2D eigenvalue weighted by Gasteiger charge is 2.36. The summed E-state index contributed by atoms with van der Waals surface area (Å²) in [5.74, 6) is -0.00576. The van der Waals surface area contributed by atoms with Crippen LogP contribution in [0.25, 0.3) is 0 Å². The summed E-state index contributed by atoms with van der Waals surface area (Å²) in [7, 11) is 1.93. The largest absolute Gasteiger partial charge is 0.272 e. The molecule has 0 saturated carbocycles. The van der Waals surface area contributed by atoms with Crippen molar-refractivity contribution in [2.45, 2.75) is 6.17 Å². The lowest BCUT2D eigenvalue weighted by Crippen LogP contribution is -2.26. The first-order chi connectivity index (χ1) is 11.0. The summed E-state index contributed by atoms with van der Waals surface area (Å²) in [6, 6.07) is 15.8. The fraction of sp³-hybridized carbons (Fsp3) is 0.176. The monoisotopic (exact) mass is 435 g/mol. The topological polar surface area (TPSA) is 35.9 Å². The highest BCUT2D eigenvalue weighted by Crippen LogP contribution is 2.30. The van der Waals surface area contributed by atoms with Crippen molar-refractivity contribution in [3.8, 4) is 0 Å². The van der Waals surface area contributed by atoms with Gasteiger partial charge in [0.05, 0.1) is 12.8 Å². The van der Waals surface area contributed by atoms with Crippen LogP contribution in [0.1, 0.15) is 17.3 Å². The van der Waals surface area contributed by atoms with Gasteiger partial charge in [0.25, 0.3) is 5.91 Å². The first kappa shape index (κ1) is 16.4. The molecule has 0 spiro atoms. The molecule has 1 amide bonds. The number of rotatable bonds is 3. The highest BCUT2D eigenvalue weighted by molar-refractivity contribution is 9.10. The molecule has 0 bridgehead atoms. The van der Waals surface area contributed by atoms with Crippen molar-refractivity contribution >= 4 is 44.0 Å². The predicted octanol–water partition coefficient (Wildman–Crippen LogP) is 4.02. The van der Waals surface area contributed by atoms with Gasteiger partial charge in [0.15, 0.2) is 0 Å². The zero-order valence-electron chi connectivity index (χ0n) is 12.5. The summed E-state index contributed by atoms with van der Waals surface area (Å²) >= 11 is 6.84. The highest BCUT2D eigenvalue weighted by atomic mass is 79.9. The minimum Gasteiger partial charge on any atom is -0.272 e. The number of hydrazone groups is 1. The molecule has 2 aromatic rings. The normalized spacial score (nSPS) is 19.0. The van der Waals surface area contributed by atoms with Crippen LogP contribution in [0.2, 0.25) is 0 Å². The van der Waals surface area contributed by atoms with E-state index in [0.29, 0.717) is 6.54 Å². The molecule has 1 aliphatic heterocycles. The van der Waals surface area contributed by atoms with Gasteiger partial charge < -0.3 is 0 Å². The number of benzene rings is 2. The van der Waals surface area contributed by atoms with E-state index in [1.54, 1.807) is 11.2 Å². The van der Waals surface area contributed by atoms with Crippen LogP contribution in [0.15, 0.2) is 62.6 Å². The summed E-state index contributed by atoms with van der Waals surface area (Å²) in [6.45, 7) is 0.360. The van der Waals surface area contributed by atoms with Gasteiger partial charge in [-0.05, 0) is 42.4 Å². The van der Waals surface area contributed by atoms with E-state index < -0.39 is 0 Å². The molecule has 0 N–H and O–H groups in total. The van der Waals surface area contributed by atoms with Gasteiger partial charge in [0.2, 0.25) is 0 Å². The van der Waals surface area contributed by atoms with E-state index in [0.717, 1.165) is 20.1 Å². The molecule has 0 aromatic heterocycles. The van der Waals surface area contributed by atoms with Gasteiger partial charge in [-0.25, -0.2) is 5.01 Å². The van der Waals surface area contributed by atoms with E-state index >= 15 is 0 Å². The predicted molar refractivity (Wildman–Crippen MR) is 98.1 cm³/mol. The summed E-state index contributed by atoms with van der Waals surface area (Å²) in [6.07, 6.45) is 1.54. The van der Waals surface area contributed by atoms with E-state index in [1.807, 2.05) is 60.5 Å². The molecule has 3 rings (SSSR count). The number of likely N-dealkylation sites (N-methyl/N-ethyl adjacent to an activating group) is 1. The van der Waals surface area contributed by atoms with E-state index in [2.05, 4.69) is 37.0 Å². The zero-order valence-corrected chi connectivity index (χ0v) is 15.7. The molecule has 1 heterocycles. The maximum atomic E-state index is 12.3. The lowest BCUT2D eigenvalue weighted by molar-refractivity contribution is -0.128. The van der Waals surface area contributed by atoms with E-state index in [-0.39, 0.29) is 12.1 Å². The Labute approximate surface area is 152 Å². The molecule has 0 aliphatic carbocycles. The Kier molecular flexibility index (Phi) is 4.94. The van der Waals surface area contributed by atoms with E-state index in [4.69, 9.17) is 0 Å². The Hall–Kier alpha value is -1.50. The van der Waals surface area contributed by atoms with Crippen LogP contribution in [-0.2, 0) is 4.79 Å². The number of carbonyl (C=O) groups is 1. The summed E-state index contributed by atoms with van der Waals surface area (Å²) in [4.78, 5) is 14.3. The van der Waals surface area contributed by atoms with Crippen LogP contribution < -0.4 is 0 Å². The van der Waals surface area contributed by atoms with Gasteiger partial charge in [0.1, 0.15) is 6.17 Å². The van der Waals surface area contributed by atoms with E-state index in [9.17, 15) is 4.79 Å². The van der Waals surface area contributed by atoms with Gasteiger partial charge in [-0.2, -0.15) is 5.10 Å². The summed E-state index contributed by atoms with van der Waals surface area (Å²) in [5, 5.41) is 5.97. The minimum atomic E-state index is -0.178. The average Bonchev–Trinajstić information content (AvgIpc) is 2.81. The van der Waals surface area contributed by atoms with Crippen molar-refractivity contribution in [3.63, 3.8) is 0 Å².